The number of carbonyl (C=O) groups excluding carboxylic acids is 1. The number of nitrogens with zero attached hydrogens (tertiary/aromatic N) is 3. The van der Waals surface area contributed by atoms with E-state index in [4.69, 9.17) is 23.2 Å². The average molecular weight is 544 g/mol. The molecule has 4 aromatic rings. The number of aromatic nitrogens is 3. The van der Waals surface area contributed by atoms with Crippen LogP contribution in [0.25, 0.3) is 16.9 Å². The number of hydrogen-bond acceptors (Lipinski definition) is 3. The molecule has 0 aliphatic heterocycles. The number of rotatable bonds is 3. The van der Waals surface area contributed by atoms with Crippen LogP contribution in [0.15, 0.2) is 53.0 Å². The lowest BCUT2D eigenvalue weighted by Crippen LogP contribution is -2.16. The lowest BCUT2D eigenvalue weighted by Gasteiger charge is -2.11. The number of carbonyl (C=O) groups is 1. The Balaban J connectivity index is 1.85. The maximum Gasteiger partial charge on any atom is 0.433 e. The summed E-state index contributed by atoms with van der Waals surface area (Å²) in [6.45, 7) is 1.69. The van der Waals surface area contributed by atoms with Crippen molar-refractivity contribution in [1.29, 1.82) is 0 Å². The van der Waals surface area contributed by atoms with Gasteiger partial charge < -0.3 is 5.32 Å². The van der Waals surface area contributed by atoms with E-state index in [2.05, 4.69) is 31.3 Å². The molecule has 0 radical (unpaired) electrons. The van der Waals surface area contributed by atoms with Crippen LogP contribution in [0.2, 0.25) is 10.0 Å². The van der Waals surface area contributed by atoms with Gasteiger partial charge >= 0.3 is 6.18 Å². The SMILES string of the molecule is Cc1c(Cl)cccc1NC(=O)c1nn2c(C(F)(F)F)cc(-c3ccc(Br)cc3)nc2c1Cl. The molecule has 1 N–H and O–H groups in total. The quantitative estimate of drug-likeness (QED) is 0.301. The summed E-state index contributed by atoms with van der Waals surface area (Å²) in [6.07, 6.45) is -4.77. The number of alkyl halides is 3. The van der Waals surface area contributed by atoms with Crippen LogP contribution >= 0.6 is 39.1 Å². The lowest BCUT2D eigenvalue weighted by atomic mass is 10.1. The minimum Gasteiger partial charge on any atom is -0.320 e. The van der Waals surface area contributed by atoms with Gasteiger partial charge in [-0.3, -0.25) is 4.79 Å². The monoisotopic (exact) mass is 542 g/mol. The van der Waals surface area contributed by atoms with Crippen molar-refractivity contribution in [2.75, 3.05) is 5.32 Å². The Hall–Kier alpha value is -2.62. The van der Waals surface area contributed by atoms with E-state index in [9.17, 15) is 18.0 Å². The summed E-state index contributed by atoms with van der Waals surface area (Å²) in [5, 5.41) is 6.53. The van der Waals surface area contributed by atoms with Gasteiger partial charge in [-0.25, -0.2) is 9.50 Å². The highest BCUT2D eigenvalue weighted by molar-refractivity contribution is 9.10. The molecular formula is C21H12BrCl2F3N4O. The van der Waals surface area contributed by atoms with E-state index in [1.165, 1.54) is 0 Å². The van der Waals surface area contributed by atoms with Gasteiger partial charge in [-0.15, -0.1) is 0 Å². The van der Waals surface area contributed by atoms with Gasteiger partial charge in [0.25, 0.3) is 5.91 Å². The first kappa shape index (κ1) is 22.6. The average Bonchev–Trinajstić information content (AvgIpc) is 3.07. The molecule has 0 aliphatic carbocycles. The summed E-state index contributed by atoms with van der Waals surface area (Å²) in [5.41, 5.74) is -0.329. The molecule has 0 bridgehead atoms. The van der Waals surface area contributed by atoms with Crippen molar-refractivity contribution in [3.05, 3.63) is 80.0 Å². The Morgan fingerprint density at radius 1 is 1.12 bits per heavy atom. The van der Waals surface area contributed by atoms with Gasteiger partial charge in [0.1, 0.15) is 5.02 Å². The minimum absolute atomic E-state index is 0.0387. The molecule has 164 valence electrons. The molecule has 1 amide bonds. The van der Waals surface area contributed by atoms with Crippen LogP contribution in [-0.4, -0.2) is 20.5 Å². The summed E-state index contributed by atoms with van der Waals surface area (Å²) < 4.78 is 42.7. The van der Waals surface area contributed by atoms with Crippen LogP contribution in [0.4, 0.5) is 18.9 Å². The zero-order valence-corrected chi connectivity index (χ0v) is 19.2. The number of halogens is 6. The van der Waals surface area contributed by atoms with Crippen LogP contribution < -0.4 is 5.32 Å². The molecule has 0 unspecified atom stereocenters. The van der Waals surface area contributed by atoms with Crippen LogP contribution in [0, 0.1) is 6.92 Å². The van der Waals surface area contributed by atoms with Gasteiger partial charge in [-0.1, -0.05) is 57.3 Å². The van der Waals surface area contributed by atoms with Crippen LogP contribution in [-0.2, 0) is 6.18 Å². The Labute approximate surface area is 198 Å². The maximum atomic E-state index is 13.8. The van der Waals surface area contributed by atoms with Crippen LogP contribution in [0.3, 0.4) is 0 Å². The summed E-state index contributed by atoms with van der Waals surface area (Å²) in [7, 11) is 0. The predicted octanol–water partition coefficient (Wildman–Crippen LogP) is 7.05. The fourth-order valence-corrected chi connectivity index (χ4v) is 3.72. The summed E-state index contributed by atoms with van der Waals surface area (Å²) >= 11 is 15.6. The van der Waals surface area contributed by atoms with Gasteiger partial charge in [0, 0.05) is 20.7 Å². The Morgan fingerprint density at radius 3 is 2.47 bits per heavy atom. The van der Waals surface area contributed by atoms with Crippen LogP contribution in [0.1, 0.15) is 21.7 Å². The second-order valence-electron chi connectivity index (χ2n) is 6.80. The van der Waals surface area contributed by atoms with Crippen molar-refractivity contribution in [2.24, 2.45) is 0 Å². The molecule has 0 saturated heterocycles. The van der Waals surface area contributed by atoms with Gasteiger partial charge in [0.15, 0.2) is 17.0 Å². The third-order valence-electron chi connectivity index (χ3n) is 4.69. The number of anilines is 1. The fourth-order valence-electron chi connectivity index (χ4n) is 3.03. The normalized spacial score (nSPS) is 11.7. The standard InChI is InChI=1S/C21H12BrCl2F3N4O/c1-10-13(23)3-2-4-14(10)29-20(32)18-17(24)19-28-15(11-5-7-12(22)8-6-11)9-16(21(25,26)27)31(19)30-18/h2-9H,1H3,(H,29,32). The number of fused-ring (bicyclic) bond motifs is 1. The summed E-state index contributed by atoms with van der Waals surface area (Å²) in [4.78, 5) is 17.0. The highest BCUT2D eigenvalue weighted by atomic mass is 79.9. The number of benzene rings is 2. The minimum atomic E-state index is -4.77. The first-order valence-corrected chi connectivity index (χ1v) is 10.6. The second-order valence-corrected chi connectivity index (χ2v) is 8.50. The van der Waals surface area contributed by atoms with Gasteiger partial charge in [0.05, 0.1) is 5.69 Å². The van der Waals surface area contributed by atoms with E-state index >= 15 is 0 Å². The molecule has 2 aromatic carbocycles. The van der Waals surface area contributed by atoms with Crippen molar-refractivity contribution in [3.63, 3.8) is 0 Å². The molecule has 0 saturated carbocycles. The summed E-state index contributed by atoms with van der Waals surface area (Å²) in [6, 6.07) is 12.3. The zero-order valence-electron chi connectivity index (χ0n) is 16.1. The first-order chi connectivity index (χ1) is 15.1. The van der Waals surface area contributed by atoms with Gasteiger partial charge in [-0.05, 0) is 42.8 Å². The third-order valence-corrected chi connectivity index (χ3v) is 5.98. The van der Waals surface area contributed by atoms with Crippen LogP contribution in [0.5, 0.6) is 0 Å². The van der Waals surface area contributed by atoms with Crippen molar-refractivity contribution in [3.8, 4) is 11.3 Å². The largest absolute Gasteiger partial charge is 0.433 e. The number of nitrogens with one attached hydrogen (secondary N) is 1. The molecule has 0 fully saturated rings. The fraction of sp³-hybridized carbons (Fsp3) is 0.0952. The molecule has 0 spiro atoms. The Bertz CT molecular complexity index is 1350. The van der Waals surface area contributed by atoms with E-state index in [0.29, 0.717) is 26.4 Å². The smallest absolute Gasteiger partial charge is 0.320 e. The lowest BCUT2D eigenvalue weighted by molar-refractivity contribution is -0.142. The van der Waals surface area contributed by atoms with E-state index < -0.39 is 23.5 Å². The van der Waals surface area contributed by atoms with E-state index in [1.54, 1.807) is 49.4 Å². The molecule has 4 rings (SSSR count). The molecule has 5 nitrogen and oxygen atoms in total. The first-order valence-electron chi connectivity index (χ1n) is 9.05. The topological polar surface area (TPSA) is 59.3 Å². The number of hydrogen-bond donors (Lipinski definition) is 1. The molecule has 32 heavy (non-hydrogen) atoms. The molecule has 0 atom stereocenters. The number of amides is 1. The van der Waals surface area contributed by atoms with E-state index in [0.717, 1.165) is 10.5 Å². The summed E-state index contributed by atoms with van der Waals surface area (Å²) in [5.74, 6) is -0.788. The Morgan fingerprint density at radius 2 is 1.81 bits per heavy atom. The molecule has 11 heteroatoms. The highest BCUT2D eigenvalue weighted by Crippen LogP contribution is 2.35. The van der Waals surface area contributed by atoms with Gasteiger partial charge in [0.2, 0.25) is 0 Å². The molecular weight excluding hydrogens is 532 g/mol. The molecule has 2 aromatic heterocycles. The van der Waals surface area contributed by atoms with Gasteiger partial charge in [-0.2, -0.15) is 18.3 Å². The van der Waals surface area contributed by atoms with Crippen molar-refractivity contribution in [2.45, 2.75) is 13.1 Å². The third kappa shape index (κ3) is 4.20. The van der Waals surface area contributed by atoms with E-state index in [1.807, 2.05) is 0 Å². The highest BCUT2D eigenvalue weighted by Gasteiger charge is 2.36. The van der Waals surface area contributed by atoms with Crippen molar-refractivity contribution < 1.29 is 18.0 Å². The molecule has 0 aliphatic rings. The molecule has 2 heterocycles. The van der Waals surface area contributed by atoms with Crippen molar-refractivity contribution >= 4 is 56.4 Å². The van der Waals surface area contributed by atoms with E-state index in [-0.39, 0.29) is 16.4 Å². The van der Waals surface area contributed by atoms with Crippen molar-refractivity contribution in [1.82, 2.24) is 14.6 Å². The predicted molar refractivity (Wildman–Crippen MR) is 120 cm³/mol. The zero-order chi connectivity index (χ0) is 23.2. The Kier molecular flexibility index (Phi) is 5.91. The maximum absolute atomic E-state index is 13.8. The second kappa shape index (κ2) is 8.38.